The fourth-order valence-electron chi connectivity index (χ4n) is 3.68. The SMILES string of the molecule is Cc1nnc2n1CC(CNC(=O)c1cnn(C)c1Cc1ccccc1)CC2. The molecule has 1 N–H and O–H groups in total. The Labute approximate surface area is 158 Å². The zero-order valence-corrected chi connectivity index (χ0v) is 15.7. The van der Waals surface area contributed by atoms with Gasteiger partial charge in [0, 0.05) is 33.0 Å². The van der Waals surface area contributed by atoms with Gasteiger partial charge in [0.1, 0.15) is 11.6 Å². The van der Waals surface area contributed by atoms with Crippen LogP contribution in [-0.2, 0) is 26.4 Å². The molecule has 0 radical (unpaired) electrons. The Kier molecular flexibility index (Phi) is 4.75. The maximum Gasteiger partial charge on any atom is 0.254 e. The number of carbonyl (C=O) groups excluding carboxylic acids is 1. The van der Waals surface area contributed by atoms with Gasteiger partial charge < -0.3 is 9.88 Å². The molecule has 1 amide bonds. The summed E-state index contributed by atoms with van der Waals surface area (Å²) < 4.78 is 3.94. The van der Waals surface area contributed by atoms with Crippen molar-refractivity contribution in [1.29, 1.82) is 0 Å². The largest absolute Gasteiger partial charge is 0.352 e. The highest BCUT2D eigenvalue weighted by molar-refractivity contribution is 5.95. The highest BCUT2D eigenvalue weighted by atomic mass is 16.1. The molecule has 1 aliphatic heterocycles. The number of aryl methyl sites for hydroxylation is 3. The van der Waals surface area contributed by atoms with Crippen molar-refractivity contribution in [3.8, 4) is 0 Å². The van der Waals surface area contributed by atoms with Crippen LogP contribution >= 0.6 is 0 Å². The number of benzene rings is 1. The summed E-state index contributed by atoms with van der Waals surface area (Å²) in [4.78, 5) is 12.8. The molecule has 1 aromatic carbocycles. The molecule has 7 heteroatoms. The van der Waals surface area contributed by atoms with Gasteiger partial charge in [0.25, 0.3) is 5.91 Å². The van der Waals surface area contributed by atoms with Crippen molar-refractivity contribution in [3.05, 3.63) is 65.0 Å². The molecular weight excluding hydrogens is 340 g/mol. The Bertz CT molecular complexity index is 943. The standard InChI is InChI=1S/C20H24N6O/c1-14-23-24-19-9-8-16(13-26(14)19)11-21-20(27)17-12-22-25(2)18(17)10-15-6-4-3-5-7-15/h3-7,12,16H,8-11,13H2,1-2H3,(H,21,27). The van der Waals surface area contributed by atoms with Gasteiger partial charge in [0.2, 0.25) is 0 Å². The number of nitrogens with one attached hydrogen (secondary N) is 1. The Morgan fingerprint density at radius 1 is 1.26 bits per heavy atom. The average molecular weight is 364 g/mol. The van der Waals surface area contributed by atoms with Crippen molar-refractivity contribution >= 4 is 5.91 Å². The van der Waals surface area contributed by atoms with Crippen LogP contribution in [0.2, 0.25) is 0 Å². The minimum Gasteiger partial charge on any atom is -0.352 e. The first-order valence-electron chi connectivity index (χ1n) is 9.33. The van der Waals surface area contributed by atoms with E-state index in [-0.39, 0.29) is 5.91 Å². The van der Waals surface area contributed by atoms with Gasteiger partial charge in [-0.05, 0) is 24.8 Å². The quantitative estimate of drug-likeness (QED) is 0.750. The van der Waals surface area contributed by atoms with Crippen molar-refractivity contribution in [2.24, 2.45) is 13.0 Å². The summed E-state index contributed by atoms with van der Waals surface area (Å²) in [5, 5.41) is 15.7. The first kappa shape index (κ1) is 17.5. The third-order valence-electron chi connectivity index (χ3n) is 5.30. The molecule has 0 bridgehead atoms. The molecule has 1 atom stereocenters. The molecule has 27 heavy (non-hydrogen) atoms. The molecule has 1 aliphatic rings. The number of hydrogen-bond donors (Lipinski definition) is 1. The normalized spacial score (nSPS) is 16.1. The maximum absolute atomic E-state index is 12.8. The Hall–Kier alpha value is -2.96. The van der Waals surface area contributed by atoms with Crippen LogP contribution < -0.4 is 5.32 Å². The van der Waals surface area contributed by atoms with E-state index in [1.807, 2.05) is 32.2 Å². The zero-order valence-electron chi connectivity index (χ0n) is 15.7. The number of aromatic nitrogens is 5. The van der Waals surface area contributed by atoms with Crippen molar-refractivity contribution in [1.82, 2.24) is 29.9 Å². The third kappa shape index (κ3) is 3.63. The molecule has 140 valence electrons. The van der Waals surface area contributed by atoms with Crippen LogP contribution in [0, 0.1) is 12.8 Å². The van der Waals surface area contributed by atoms with Crippen molar-refractivity contribution in [2.75, 3.05) is 6.54 Å². The van der Waals surface area contributed by atoms with Crippen LogP contribution in [0.5, 0.6) is 0 Å². The van der Waals surface area contributed by atoms with Gasteiger partial charge in [-0.15, -0.1) is 10.2 Å². The van der Waals surface area contributed by atoms with Gasteiger partial charge in [-0.2, -0.15) is 5.10 Å². The van der Waals surface area contributed by atoms with E-state index < -0.39 is 0 Å². The number of carbonyl (C=O) groups is 1. The zero-order chi connectivity index (χ0) is 18.8. The molecule has 1 unspecified atom stereocenters. The van der Waals surface area contributed by atoms with Gasteiger partial charge in [0.15, 0.2) is 0 Å². The predicted molar refractivity (Wildman–Crippen MR) is 101 cm³/mol. The van der Waals surface area contributed by atoms with E-state index >= 15 is 0 Å². The fraction of sp³-hybridized carbons (Fsp3) is 0.400. The van der Waals surface area contributed by atoms with Crippen LogP contribution in [0.15, 0.2) is 36.5 Å². The number of rotatable bonds is 5. The molecule has 0 spiro atoms. The average Bonchev–Trinajstić information content (AvgIpc) is 3.24. The Balaban J connectivity index is 1.41. The number of hydrogen-bond acceptors (Lipinski definition) is 4. The second-order valence-corrected chi connectivity index (χ2v) is 7.18. The van der Waals surface area contributed by atoms with E-state index in [9.17, 15) is 4.79 Å². The summed E-state index contributed by atoms with van der Waals surface area (Å²) in [6, 6.07) is 10.1. The molecule has 4 rings (SSSR count). The Morgan fingerprint density at radius 2 is 2.07 bits per heavy atom. The van der Waals surface area contributed by atoms with E-state index in [4.69, 9.17) is 0 Å². The van der Waals surface area contributed by atoms with E-state index in [2.05, 4.69) is 37.3 Å². The molecule has 0 saturated carbocycles. The molecular formula is C20H24N6O. The number of fused-ring (bicyclic) bond motifs is 1. The lowest BCUT2D eigenvalue weighted by Gasteiger charge is -2.24. The summed E-state index contributed by atoms with van der Waals surface area (Å²) in [5.74, 6) is 2.33. The lowest BCUT2D eigenvalue weighted by Crippen LogP contribution is -2.34. The highest BCUT2D eigenvalue weighted by Crippen LogP contribution is 2.20. The molecule has 7 nitrogen and oxygen atoms in total. The van der Waals surface area contributed by atoms with Crippen molar-refractivity contribution < 1.29 is 4.79 Å². The van der Waals surface area contributed by atoms with E-state index in [1.165, 1.54) is 0 Å². The van der Waals surface area contributed by atoms with Crippen LogP contribution in [0.1, 0.15) is 39.7 Å². The highest BCUT2D eigenvalue weighted by Gasteiger charge is 2.23. The van der Waals surface area contributed by atoms with Crippen molar-refractivity contribution in [3.63, 3.8) is 0 Å². The molecule has 0 aliphatic carbocycles. The summed E-state index contributed by atoms with van der Waals surface area (Å²) in [7, 11) is 1.88. The monoisotopic (exact) mass is 364 g/mol. The van der Waals surface area contributed by atoms with E-state index in [1.54, 1.807) is 10.9 Å². The summed E-state index contributed by atoms with van der Waals surface area (Å²) >= 11 is 0. The van der Waals surface area contributed by atoms with Crippen molar-refractivity contribution in [2.45, 2.75) is 32.7 Å². The minimum absolute atomic E-state index is 0.0553. The second kappa shape index (κ2) is 7.34. The van der Waals surface area contributed by atoms with Crippen LogP contribution in [-0.4, -0.2) is 37.0 Å². The first-order chi connectivity index (χ1) is 13.1. The third-order valence-corrected chi connectivity index (χ3v) is 5.30. The van der Waals surface area contributed by atoms with Gasteiger partial charge in [-0.3, -0.25) is 9.48 Å². The molecule has 2 aromatic heterocycles. The van der Waals surface area contributed by atoms with Crippen LogP contribution in [0.3, 0.4) is 0 Å². The van der Waals surface area contributed by atoms with E-state index in [0.717, 1.165) is 42.3 Å². The minimum atomic E-state index is -0.0553. The smallest absolute Gasteiger partial charge is 0.254 e. The van der Waals surface area contributed by atoms with Gasteiger partial charge in [-0.25, -0.2) is 0 Å². The Morgan fingerprint density at radius 3 is 2.89 bits per heavy atom. The van der Waals surface area contributed by atoms with Gasteiger partial charge in [0.05, 0.1) is 17.5 Å². The van der Waals surface area contributed by atoms with Gasteiger partial charge >= 0.3 is 0 Å². The summed E-state index contributed by atoms with van der Waals surface area (Å²) in [6.07, 6.45) is 4.28. The van der Waals surface area contributed by atoms with Crippen LogP contribution in [0.25, 0.3) is 0 Å². The maximum atomic E-state index is 12.8. The molecule has 3 aromatic rings. The molecule has 0 fully saturated rings. The fourth-order valence-corrected chi connectivity index (χ4v) is 3.68. The first-order valence-corrected chi connectivity index (χ1v) is 9.33. The van der Waals surface area contributed by atoms with Gasteiger partial charge in [-0.1, -0.05) is 30.3 Å². The molecule has 0 saturated heterocycles. The van der Waals surface area contributed by atoms with E-state index in [0.29, 0.717) is 24.4 Å². The molecule has 3 heterocycles. The topological polar surface area (TPSA) is 77.6 Å². The number of nitrogens with zero attached hydrogens (tertiary/aromatic N) is 5. The number of amides is 1. The predicted octanol–water partition coefficient (Wildman–Crippen LogP) is 1.90. The lowest BCUT2D eigenvalue weighted by molar-refractivity contribution is 0.0942. The van der Waals surface area contributed by atoms with Crippen LogP contribution in [0.4, 0.5) is 0 Å². The lowest BCUT2D eigenvalue weighted by atomic mass is 9.99. The summed E-state index contributed by atoms with van der Waals surface area (Å²) in [5.41, 5.74) is 2.75. The second-order valence-electron chi connectivity index (χ2n) is 7.18. The summed E-state index contributed by atoms with van der Waals surface area (Å²) in [6.45, 7) is 3.48.